The molecule has 0 aromatic carbocycles. The first-order chi connectivity index (χ1) is 20.2. The summed E-state index contributed by atoms with van der Waals surface area (Å²) in [4.78, 5) is 11.8. The Hall–Kier alpha value is -0.930. The molecular formula is C35H58N2O6. The van der Waals surface area contributed by atoms with Gasteiger partial charge in [0.15, 0.2) is 6.29 Å². The Morgan fingerprint density at radius 1 is 1.05 bits per heavy atom. The quantitative estimate of drug-likeness (QED) is 0.394. The van der Waals surface area contributed by atoms with Crippen molar-refractivity contribution in [2.45, 2.75) is 137 Å². The van der Waals surface area contributed by atoms with E-state index in [-0.39, 0.29) is 46.8 Å². The van der Waals surface area contributed by atoms with Crippen LogP contribution in [0.2, 0.25) is 0 Å². The first-order valence-electron chi connectivity index (χ1n) is 17.5. The van der Waals surface area contributed by atoms with Crippen LogP contribution in [-0.4, -0.2) is 67.7 Å². The normalized spacial score (nSPS) is 53.9. The largest absolute Gasteiger partial charge is 0.443 e. The van der Waals surface area contributed by atoms with Crippen LogP contribution in [0.3, 0.4) is 0 Å². The average Bonchev–Trinajstić information content (AvgIpc) is 3.58. The number of hydrogen-bond acceptors (Lipinski definition) is 7. The van der Waals surface area contributed by atoms with Gasteiger partial charge in [-0.05, 0) is 103 Å². The van der Waals surface area contributed by atoms with E-state index in [9.17, 15) is 9.90 Å². The molecule has 2 spiro atoms. The second-order valence-electron chi connectivity index (χ2n) is 17.3. The van der Waals surface area contributed by atoms with E-state index in [1.165, 1.54) is 32.1 Å². The van der Waals surface area contributed by atoms with Gasteiger partial charge in [0.1, 0.15) is 6.10 Å². The number of hydrogen-bond donors (Lipinski definition) is 3. The summed E-state index contributed by atoms with van der Waals surface area (Å²) in [6, 6.07) is 0. The molecule has 5 aliphatic carbocycles. The van der Waals surface area contributed by atoms with Crippen LogP contribution in [-0.2, 0) is 18.9 Å². The van der Waals surface area contributed by atoms with Gasteiger partial charge in [-0.1, -0.05) is 48.5 Å². The first kappa shape index (κ1) is 30.7. The van der Waals surface area contributed by atoms with Gasteiger partial charge >= 0.3 is 6.09 Å². The molecule has 2 aliphatic heterocycles. The second-order valence-corrected chi connectivity index (χ2v) is 17.3. The Kier molecular flexibility index (Phi) is 7.17. The molecule has 7 aliphatic rings. The topological polar surface area (TPSA) is 112 Å². The third kappa shape index (κ3) is 4.01. The highest BCUT2D eigenvalue weighted by Gasteiger charge is 2.84. The monoisotopic (exact) mass is 602 g/mol. The Morgan fingerprint density at radius 3 is 2.44 bits per heavy atom. The van der Waals surface area contributed by atoms with Gasteiger partial charge in [0.2, 0.25) is 0 Å². The van der Waals surface area contributed by atoms with Crippen molar-refractivity contribution in [3.63, 3.8) is 0 Å². The zero-order valence-corrected chi connectivity index (χ0v) is 27.7. The summed E-state index contributed by atoms with van der Waals surface area (Å²) in [6.07, 6.45) is 7.15. The van der Waals surface area contributed by atoms with Gasteiger partial charge in [-0.25, -0.2) is 4.79 Å². The van der Waals surface area contributed by atoms with Crippen LogP contribution < -0.4 is 11.1 Å². The number of morpholine rings is 1. The maximum absolute atomic E-state index is 12.5. The second kappa shape index (κ2) is 10.0. The fourth-order valence-electron chi connectivity index (χ4n) is 13.4. The van der Waals surface area contributed by atoms with Gasteiger partial charge in [-0.2, -0.15) is 0 Å². The molecule has 5 unspecified atom stereocenters. The smallest absolute Gasteiger partial charge is 0.404 e. The van der Waals surface area contributed by atoms with E-state index in [0.717, 1.165) is 39.0 Å². The van der Waals surface area contributed by atoms with Crippen molar-refractivity contribution in [2.75, 3.05) is 19.7 Å². The number of carbonyl (C=O) groups is 1. The van der Waals surface area contributed by atoms with Crippen LogP contribution in [0.25, 0.3) is 0 Å². The van der Waals surface area contributed by atoms with Crippen molar-refractivity contribution in [1.29, 1.82) is 0 Å². The highest BCUT2D eigenvalue weighted by atomic mass is 16.7. The molecule has 0 radical (unpaired) electrons. The minimum atomic E-state index is -0.750. The summed E-state index contributed by atoms with van der Waals surface area (Å²) in [5, 5.41) is 15.9. The number of rotatable bonds is 5. The summed E-state index contributed by atoms with van der Waals surface area (Å²) in [7, 11) is 0. The zero-order valence-electron chi connectivity index (χ0n) is 27.7. The van der Waals surface area contributed by atoms with Crippen molar-refractivity contribution in [3.05, 3.63) is 0 Å². The number of amides is 1. The van der Waals surface area contributed by atoms with Gasteiger partial charge in [-0.15, -0.1) is 0 Å². The van der Waals surface area contributed by atoms with E-state index in [1.807, 2.05) is 0 Å². The van der Waals surface area contributed by atoms with Gasteiger partial charge in [0.05, 0.1) is 31.0 Å². The summed E-state index contributed by atoms with van der Waals surface area (Å²) < 4.78 is 25.1. The molecule has 2 saturated heterocycles. The summed E-state index contributed by atoms with van der Waals surface area (Å²) >= 11 is 0. The molecule has 0 aromatic heterocycles. The summed E-state index contributed by atoms with van der Waals surface area (Å²) in [6.45, 7) is 18.7. The van der Waals surface area contributed by atoms with E-state index in [4.69, 9.17) is 24.7 Å². The lowest BCUT2D eigenvalue weighted by molar-refractivity contribution is -0.237. The molecule has 5 saturated carbocycles. The Labute approximate surface area is 258 Å². The van der Waals surface area contributed by atoms with E-state index in [0.29, 0.717) is 34.5 Å². The molecular weight excluding hydrogens is 544 g/mol. The fraction of sp³-hybridized carbons (Fsp3) is 0.971. The molecule has 43 heavy (non-hydrogen) atoms. The number of fused-ring (bicyclic) bond motifs is 4. The molecule has 2 heterocycles. The third-order valence-electron chi connectivity index (χ3n) is 15.3. The SMILES string of the molecule is CC(C)[C@@H](OC(N)=O)C1C[C@@H](C)[C@H]2C(O1)[C@H](O)[C@@]1(C)C3CC[C@H]4C(C)(C)[C@@H](OC5CNCCO5)CC[C@@]45CC35CC[C@]21C. The van der Waals surface area contributed by atoms with Crippen molar-refractivity contribution >= 4 is 6.09 Å². The van der Waals surface area contributed by atoms with Crippen molar-refractivity contribution in [3.8, 4) is 0 Å². The standard InChI is InChI=1S/C35H58N2O6/c1-19(2)27(43-30(36)39)21-16-20(3)26-28(41-21)29(38)33(7)23-9-8-22-31(4,5)24(42-25-17-37-14-15-40-25)10-11-34(22)18-35(23,34)13-12-32(26,33)6/h19-29,37-38H,8-18H2,1-7H3,(H2,36,39)/t20-,21?,22+,23?,24+,25?,26+,27-,28?,29+,32-,33-,34-,35?/m1/s1. The molecule has 8 nitrogen and oxygen atoms in total. The molecule has 1 amide bonds. The average molecular weight is 603 g/mol. The van der Waals surface area contributed by atoms with Crippen LogP contribution in [0, 0.1) is 56.7 Å². The van der Waals surface area contributed by atoms with Gasteiger partial charge in [-0.3, -0.25) is 0 Å². The summed E-state index contributed by atoms with van der Waals surface area (Å²) in [5.41, 5.74) is 6.03. The Balaban J connectivity index is 1.16. The number of nitrogens with one attached hydrogen (secondary N) is 1. The van der Waals surface area contributed by atoms with Gasteiger partial charge in [0.25, 0.3) is 0 Å². The molecule has 244 valence electrons. The Bertz CT molecular complexity index is 1110. The Morgan fingerprint density at radius 2 is 1.77 bits per heavy atom. The fourth-order valence-corrected chi connectivity index (χ4v) is 13.4. The maximum Gasteiger partial charge on any atom is 0.404 e. The predicted octanol–water partition coefficient (Wildman–Crippen LogP) is 5.25. The predicted molar refractivity (Wildman–Crippen MR) is 163 cm³/mol. The number of carbonyl (C=O) groups excluding carboxylic acids is 1. The molecule has 0 bridgehead atoms. The highest BCUT2D eigenvalue weighted by molar-refractivity contribution is 5.64. The molecule has 7 fully saturated rings. The number of nitrogens with two attached hydrogens (primary N) is 1. The van der Waals surface area contributed by atoms with Crippen LogP contribution >= 0.6 is 0 Å². The minimum absolute atomic E-state index is 0.00697. The summed E-state index contributed by atoms with van der Waals surface area (Å²) in [5.74, 6) is 1.87. The van der Waals surface area contributed by atoms with E-state index >= 15 is 0 Å². The number of aliphatic hydroxyl groups is 1. The van der Waals surface area contributed by atoms with Crippen LogP contribution in [0.5, 0.6) is 0 Å². The highest BCUT2D eigenvalue weighted by Crippen LogP contribution is 2.89. The number of aliphatic hydroxyl groups excluding tert-OH is 1. The molecule has 7 rings (SSSR count). The maximum atomic E-state index is 12.5. The lowest BCUT2D eigenvalue weighted by Gasteiger charge is -2.63. The van der Waals surface area contributed by atoms with E-state index in [2.05, 4.69) is 53.8 Å². The minimum Gasteiger partial charge on any atom is -0.443 e. The molecule has 14 atom stereocenters. The van der Waals surface area contributed by atoms with Crippen molar-refractivity contribution in [2.24, 2.45) is 62.4 Å². The van der Waals surface area contributed by atoms with Crippen molar-refractivity contribution in [1.82, 2.24) is 5.32 Å². The molecule has 0 aromatic rings. The number of ether oxygens (including phenoxy) is 4. The lowest BCUT2D eigenvalue weighted by Crippen LogP contribution is -2.60. The first-order valence-corrected chi connectivity index (χ1v) is 17.5. The van der Waals surface area contributed by atoms with E-state index in [1.54, 1.807) is 0 Å². The van der Waals surface area contributed by atoms with Gasteiger partial charge < -0.3 is 35.1 Å². The molecule has 8 heteroatoms. The van der Waals surface area contributed by atoms with Crippen LogP contribution in [0.1, 0.15) is 99.8 Å². The lowest BCUT2D eigenvalue weighted by atomic mass is 9.41. The number of primary amides is 1. The zero-order chi connectivity index (χ0) is 30.7. The van der Waals surface area contributed by atoms with E-state index < -0.39 is 18.3 Å². The van der Waals surface area contributed by atoms with Crippen molar-refractivity contribution < 1.29 is 28.8 Å². The third-order valence-corrected chi connectivity index (χ3v) is 15.3. The van der Waals surface area contributed by atoms with Crippen LogP contribution in [0.15, 0.2) is 0 Å². The molecule has 4 N–H and O–H groups in total. The van der Waals surface area contributed by atoms with Crippen LogP contribution in [0.4, 0.5) is 4.79 Å². The van der Waals surface area contributed by atoms with Gasteiger partial charge in [0, 0.05) is 18.5 Å².